The molecule has 0 unspecified atom stereocenters. The van der Waals surface area contributed by atoms with E-state index in [1.165, 1.54) is 27.7 Å². The van der Waals surface area contributed by atoms with Crippen molar-refractivity contribution in [2.24, 2.45) is 7.05 Å². The number of hydrogen-bond donors (Lipinski definition) is 2. The van der Waals surface area contributed by atoms with Crippen molar-refractivity contribution in [3.8, 4) is 11.4 Å². The Morgan fingerprint density at radius 3 is 2.69 bits per heavy atom. The molecular weight excluding hydrogens is 555 g/mol. The number of nitrogens with one attached hydrogen (secondary N) is 2. The number of amides is 2. The molecule has 4 heterocycles. The lowest BCUT2D eigenvalue weighted by molar-refractivity contribution is -0.136. The number of rotatable bonds is 5. The molecule has 0 aliphatic carbocycles. The van der Waals surface area contributed by atoms with Gasteiger partial charge >= 0.3 is 12.3 Å². The van der Waals surface area contributed by atoms with Gasteiger partial charge < -0.3 is 20.3 Å². The standard InChI is InChI=1S/C27H24F3N9O3/c1-37-13-17(12-32-37)22-35-23-18-8-5-9-19(27(28,29)30)21(18)34-25(39(23)36-22)33-20-14-38(11-10-31-24(20)40)26(41)42-15-16-6-3-2-4-7-16/h2-9,12-13,20H,10-11,14-15H2,1H3,(H,31,40)(H,33,34)/t20-/m1/s1. The number of ether oxygens (including phenoxy) is 1. The van der Waals surface area contributed by atoms with E-state index >= 15 is 0 Å². The van der Waals surface area contributed by atoms with Crippen LogP contribution in [0.15, 0.2) is 60.9 Å². The monoisotopic (exact) mass is 579 g/mol. The number of nitrogens with zero attached hydrogens (tertiary/aromatic N) is 7. The Morgan fingerprint density at radius 2 is 1.95 bits per heavy atom. The van der Waals surface area contributed by atoms with Crippen molar-refractivity contribution in [3.63, 3.8) is 0 Å². The fourth-order valence-corrected chi connectivity index (χ4v) is 4.69. The van der Waals surface area contributed by atoms with Crippen molar-refractivity contribution in [1.82, 2.24) is 39.6 Å². The summed E-state index contributed by atoms with van der Waals surface area (Å²) in [6, 6.07) is 11.7. The van der Waals surface area contributed by atoms with Gasteiger partial charge in [-0.15, -0.1) is 5.10 Å². The highest BCUT2D eigenvalue weighted by Gasteiger charge is 2.35. The van der Waals surface area contributed by atoms with Crippen LogP contribution in [-0.2, 0) is 29.4 Å². The van der Waals surface area contributed by atoms with Crippen molar-refractivity contribution in [2.45, 2.75) is 18.8 Å². The van der Waals surface area contributed by atoms with Gasteiger partial charge in [0.25, 0.3) is 0 Å². The molecule has 12 nitrogen and oxygen atoms in total. The summed E-state index contributed by atoms with van der Waals surface area (Å²) in [7, 11) is 1.71. The minimum atomic E-state index is -4.70. The summed E-state index contributed by atoms with van der Waals surface area (Å²) in [6.07, 6.45) is -2.15. The third-order valence-corrected chi connectivity index (χ3v) is 6.74. The molecule has 2 amide bonds. The second-order valence-corrected chi connectivity index (χ2v) is 9.68. The minimum Gasteiger partial charge on any atom is -0.445 e. The van der Waals surface area contributed by atoms with Crippen LogP contribution in [0.3, 0.4) is 0 Å². The van der Waals surface area contributed by atoms with Crippen LogP contribution in [0, 0.1) is 0 Å². The van der Waals surface area contributed by atoms with Crippen molar-refractivity contribution < 1.29 is 27.5 Å². The summed E-state index contributed by atoms with van der Waals surface area (Å²) in [6.45, 7) is 0.236. The lowest BCUT2D eigenvalue weighted by Crippen LogP contribution is -2.44. The SMILES string of the molecule is Cn1cc(-c2nc3c4cccc(C(F)(F)F)c4nc(N[C@@H]4CN(C(=O)OCc5ccccc5)CCNC4=O)n3n2)cn1. The predicted molar refractivity (Wildman–Crippen MR) is 144 cm³/mol. The van der Waals surface area contributed by atoms with Gasteiger partial charge in [-0.3, -0.25) is 9.48 Å². The van der Waals surface area contributed by atoms with Crippen molar-refractivity contribution in [2.75, 3.05) is 25.0 Å². The van der Waals surface area contributed by atoms with E-state index < -0.39 is 29.8 Å². The van der Waals surface area contributed by atoms with Crippen LogP contribution in [0.25, 0.3) is 27.9 Å². The van der Waals surface area contributed by atoms with Crippen LogP contribution >= 0.6 is 0 Å². The second kappa shape index (κ2) is 10.6. The zero-order valence-corrected chi connectivity index (χ0v) is 22.2. The van der Waals surface area contributed by atoms with Gasteiger partial charge in [0.05, 0.1) is 29.4 Å². The minimum absolute atomic E-state index is 0.0405. The van der Waals surface area contributed by atoms with E-state index in [0.717, 1.165) is 11.6 Å². The number of aromatic nitrogens is 6. The van der Waals surface area contributed by atoms with E-state index in [1.54, 1.807) is 17.9 Å². The smallest absolute Gasteiger partial charge is 0.418 e. The first-order valence-corrected chi connectivity index (χ1v) is 12.9. The Bertz CT molecular complexity index is 1790. The zero-order chi connectivity index (χ0) is 29.4. The number of anilines is 1. The molecule has 1 saturated heterocycles. The second-order valence-electron chi connectivity index (χ2n) is 9.68. The Labute approximate surface area is 236 Å². The van der Waals surface area contributed by atoms with Gasteiger partial charge in [0.15, 0.2) is 11.5 Å². The average Bonchev–Trinajstić information content (AvgIpc) is 3.57. The molecule has 1 fully saturated rings. The van der Waals surface area contributed by atoms with Crippen molar-refractivity contribution in [3.05, 3.63) is 72.1 Å². The maximum atomic E-state index is 14.0. The number of aryl methyl sites for hydroxylation is 1. The molecular formula is C27H24F3N9O3. The van der Waals surface area contributed by atoms with Crippen LogP contribution in [0.1, 0.15) is 11.1 Å². The fourth-order valence-electron chi connectivity index (χ4n) is 4.69. The largest absolute Gasteiger partial charge is 0.445 e. The molecule has 15 heteroatoms. The summed E-state index contributed by atoms with van der Waals surface area (Å²) in [5.74, 6) is -0.425. The van der Waals surface area contributed by atoms with Gasteiger partial charge in [-0.2, -0.15) is 22.8 Å². The predicted octanol–water partition coefficient (Wildman–Crippen LogP) is 3.25. The molecule has 1 aliphatic rings. The first kappa shape index (κ1) is 27.0. The molecule has 216 valence electrons. The molecule has 2 N–H and O–H groups in total. The fraction of sp³-hybridized carbons (Fsp3) is 0.259. The molecule has 6 rings (SSSR count). The number of carbonyl (C=O) groups excluding carboxylic acids is 2. The lowest BCUT2D eigenvalue weighted by Gasteiger charge is -2.23. The summed E-state index contributed by atoms with van der Waals surface area (Å²) in [5, 5.41) is 14.3. The highest BCUT2D eigenvalue weighted by molar-refractivity contribution is 5.95. The lowest BCUT2D eigenvalue weighted by atomic mass is 10.1. The summed E-state index contributed by atoms with van der Waals surface area (Å²) >= 11 is 0. The molecule has 42 heavy (non-hydrogen) atoms. The first-order valence-electron chi connectivity index (χ1n) is 12.9. The number of para-hydroxylation sites is 1. The highest BCUT2D eigenvalue weighted by atomic mass is 19.4. The molecule has 1 atom stereocenters. The Morgan fingerprint density at radius 1 is 1.14 bits per heavy atom. The Hall–Kier alpha value is -5.21. The molecule has 3 aromatic heterocycles. The van der Waals surface area contributed by atoms with Crippen LogP contribution < -0.4 is 10.6 Å². The van der Waals surface area contributed by atoms with E-state index in [-0.39, 0.29) is 54.6 Å². The van der Waals surface area contributed by atoms with Crippen LogP contribution in [0.5, 0.6) is 0 Å². The van der Waals surface area contributed by atoms with E-state index in [0.29, 0.717) is 5.56 Å². The van der Waals surface area contributed by atoms with Crippen LogP contribution in [0.4, 0.5) is 23.9 Å². The van der Waals surface area contributed by atoms with Gasteiger partial charge in [0.1, 0.15) is 12.6 Å². The first-order chi connectivity index (χ1) is 20.2. The molecule has 0 spiro atoms. The Kier molecular flexibility index (Phi) is 6.84. The van der Waals surface area contributed by atoms with Gasteiger partial charge in [0, 0.05) is 31.7 Å². The van der Waals surface area contributed by atoms with Crippen molar-refractivity contribution >= 4 is 34.5 Å². The number of alkyl halides is 3. The van der Waals surface area contributed by atoms with E-state index in [9.17, 15) is 22.8 Å². The van der Waals surface area contributed by atoms with Gasteiger partial charge in [0.2, 0.25) is 11.9 Å². The summed E-state index contributed by atoms with van der Waals surface area (Å²) < 4.78 is 50.2. The molecule has 0 bridgehead atoms. The third kappa shape index (κ3) is 5.27. The quantitative estimate of drug-likeness (QED) is 0.325. The normalized spacial score (nSPS) is 16.0. The van der Waals surface area contributed by atoms with Gasteiger partial charge in [-0.1, -0.05) is 36.4 Å². The van der Waals surface area contributed by atoms with Crippen LogP contribution in [0.2, 0.25) is 0 Å². The van der Waals surface area contributed by atoms with Gasteiger partial charge in [-0.05, 0) is 17.7 Å². The number of benzene rings is 2. The summed E-state index contributed by atoms with van der Waals surface area (Å²) in [4.78, 5) is 36.0. The summed E-state index contributed by atoms with van der Waals surface area (Å²) in [5.41, 5.74) is 0.0991. The maximum Gasteiger partial charge on any atom is 0.418 e. The molecule has 0 radical (unpaired) electrons. The number of halogens is 3. The molecule has 0 saturated carbocycles. The topological polar surface area (TPSA) is 132 Å². The van der Waals surface area contributed by atoms with E-state index in [1.807, 2.05) is 30.3 Å². The molecule has 5 aromatic rings. The van der Waals surface area contributed by atoms with Gasteiger partial charge in [-0.25, -0.2) is 14.8 Å². The number of hydrogen-bond acceptors (Lipinski definition) is 8. The maximum absolute atomic E-state index is 14.0. The Balaban J connectivity index is 1.37. The van der Waals surface area contributed by atoms with E-state index in [2.05, 4.69) is 30.8 Å². The number of carbonyl (C=O) groups is 2. The van der Waals surface area contributed by atoms with E-state index in [4.69, 9.17) is 4.74 Å². The number of fused-ring (bicyclic) bond motifs is 3. The average molecular weight is 580 g/mol. The third-order valence-electron chi connectivity index (χ3n) is 6.74. The molecule has 2 aromatic carbocycles. The van der Waals surface area contributed by atoms with Crippen molar-refractivity contribution in [1.29, 1.82) is 0 Å². The van der Waals surface area contributed by atoms with Crippen LogP contribution in [-0.4, -0.2) is 71.9 Å². The highest BCUT2D eigenvalue weighted by Crippen LogP contribution is 2.36. The molecule has 1 aliphatic heterocycles. The zero-order valence-electron chi connectivity index (χ0n) is 22.2.